The third kappa shape index (κ3) is 4.16. The van der Waals surface area contributed by atoms with E-state index in [0.717, 1.165) is 12.1 Å². The van der Waals surface area contributed by atoms with Gasteiger partial charge in [-0.2, -0.15) is 18.2 Å². The Balaban J connectivity index is 1.70. The smallest absolute Gasteiger partial charge is 0.374 e. The number of nitrogens with one attached hydrogen (secondary N) is 1. The summed E-state index contributed by atoms with van der Waals surface area (Å²) in [5, 5.41) is 6.53. The average Bonchev–Trinajstić information content (AvgIpc) is 3.02. The predicted octanol–water partition coefficient (Wildman–Crippen LogP) is 5.27. The number of halogens is 5. The van der Waals surface area contributed by atoms with E-state index in [1.807, 2.05) is 0 Å². The van der Waals surface area contributed by atoms with Crippen LogP contribution in [-0.2, 0) is 12.7 Å². The molecule has 0 fully saturated rings. The predicted molar refractivity (Wildman–Crippen MR) is 86.2 cm³/mol. The minimum absolute atomic E-state index is 0.0756. The first kappa shape index (κ1) is 17.4. The minimum atomic E-state index is -4.40. The van der Waals surface area contributed by atoms with Crippen molar-refractivity contribution < 1.29 is 22.1 Å². The lowest BCUT2D eigenvalue weighted by atomic mass is 10.1. The Morgan fingerprint density at radius 1 is 1.08 bits per heavy atom. The van der Waals surface area contributed by atoms with E-state index in [2.05, 4.69) is 31.4 Å². The zero-order chi connectivity index (χ0) is 18.0. The summed E-state index contributed by atoms with van der Waals surface area (Å²) in [5.74, 6) is -0.115. The number of benzene rings is 2. The standard InChI is InChI=1S/C16H10BrF4N3O/c17-11-5-6-13(12(18)7-11)22-8-14-23-15(24-25-14)9-1-3-10(4-2-9)16(19,20)21/h1-7,22H,8H2. The van der Waals surface area contributed by atoms with Crippen molar-refractivity contribution in [3.05, 3.63) is 64.2 Å². The highest BCUT2D eigenvalue weighted by atomic mass is 79.9. The van der Waals surface area contributed by atoms with Crippen LogP contribution in [0.3, 0.4) is 0 Å². The lowest BCUT2D eigenvalue weighted by Crippen LogP contribution is -2.04. The molecule has 0 saturated heterocycles. The van der Waals surface area contributed by atoms with Crippen molar-refractivity contribution >= 4 is 21.6 Å². The molecule has 0 bridgehead atoms. The van der Waals surface area contributed by atoms with Gasteiger partial charge < -0.3 is 9.84 Å². The molecule has 0 spiro atoms. The molecule has 1 heterocycles. The Bertz CT molecular complexity index is 878. The molecule has 0 aliphatic rings. The molecule has 1 N–H and O–H groups in total. The van der Waals surface area contributed by atoms with Crippen LogP contribution in [0.4, 0.5) is 23.2 Å². The molecule has 130 valence electrons. The number of aromatic nitrogens is 2. The second-order valence-electron chi connectivity index (χ2n) is 5.06. The second kappa shape index (κ2) is 6.83. The fourth-order valence-corrected chi connectivity index (χ4v) is 2.39. The van der Waals surface area contributed by atoms with E-state index >= 15 is 0 Å². The van der Waals surface area contributed by atoms with Crippen LogP contribution >= 0.6 is 15.9 Å². The van der Waals surface area contributed by atoms with E-state index in [4.69, 9.17) is 4.52 Å². The molecule has 0 aliphatic heterocycles. The van der Waals surface area contributed by atoms with Crippen molar-refractivity contribution in [3.63, 3.8) is 0 Å². The molecule has 0 radical (unpaired) electrons. The second-order valence-corrected chi connectivity index (χ2v) is 5.98. The molecule has 1 aromatic heterocycles. The summed E-state index contributed by atoms with van der Waals surface area (Å²) < 4.78 is 57.0. The maximum Gasteiger partial charge on any atom is 0.416 e. The maximum absolute atomic E-state index is 13.7. The van der Waals surface area contributed by atoms with Gasteiger partial charge in [-0.15, -0.1) is 0 Å². The molecule has 0 atom stereocenters. The van der Waals surface area contributed by atoms with Gasteiger partial charge in [0, 0.05) is 10.0 Å². The van der Waals surface area contributed by atoms with Gasteiger partial charge in [-0.05, 0) is 30.3 Å². The Hall–Kier alpha value is -2.42. The van der Waals surface area contributed by atoms with E-state index in [9.17, 15) is 17.6 Å². The first-order chi connectivity index (χ1) is 11.8. The van der Waals surface area contributed by atoms with Crippen molar-refractivity contribution in [1.29, 1.82) is 0 Å². The molecule has 2 aromatic carbocycles. The Morgan fingerprint density at radius 3 is 2.44 bits per heavy atom. The quantitative estimate of drug-likeness (QED) is 0.589. The number of rotatable bonds is 4. The fourth-order valence-electron chi connectivity index (χ4n) is 2.06. The first-order valence-corrected chi connectivity index (χ1v) is 7.81. The van der Waals surface area contributed by atoms with E-state index in [1.54, 1.807) is 12.1 Å². The molecule has 3 rings (SSSR count). The SMILES string of the molecule is Fc1cc(Br)ccc1NCc1nc(-c2ccc(C(F)(F)F)cc2)no1. The number of hydrogen-bond acceptors (Lipinski definition) is 4. The first-order valence-electron chi connectivity index (χ1n) is 7.02. The van der Waals surface area contributed by atoms with Crippen LogP contribution in [0.15, 0.2) is 51.5 Å². The lowest BCUT2D eigenvalue weighted by Gasteiger charge is -2.06. The summed E-state index contributed by atoms with van der Waals surface area (Å²) in [6.45, 7) is 0.0756. The van der Waals surface area contributed by atoms with Gasteiger partial charge in [-0.25, -0.2) is 4.39 Å². The summed E-state index contributed by atoms with van der Waals surface area (Å²) in [5.41, 5.74) is -0.109. The summed E-state index contributed by atoms with van der Waals surface area (Å²) in [6.07, 6.45) is -4.40. The van der Waals surface area contributed by atoms with E-state index in [0.29, 0.717) is 10.0 Å². The lowest BCUT2D eigenvalue weighted by molar-refractivity contribution is -0.137. The maximum atomic E-state index is 13.7. The minimum Gasteiger partial charge on any atom is -0.374 e. The fraction of sp³-hybridized carbons (Fsp3) is 0.125. The monoisotopic (exact) mass is 415 g/mol. The van der Waals surface area contributed by atoms with Crippen LogP contribution in [0, 0.1) is 5.82 Å². The number of anilines is 1. The van der Waals surface area contributed by atoms with Crippen LogP contribution in [0.25, 0.3) is 11.4 Å². The van der Waals surface area contributed by atoms with Gasteiger partial charge in [0.2, 0.25) is 11.7 Å². The Labute approximate surface area is 148 Å². The molecule has 0 saturated carbocycles. The zero-order valence-corrected chi connectivity index (χ0v) is 14.0. The molecule has 0 aliphatic carbocycles. The topological polar surface area (TPSA) is 51.0 Å². The van der Waals surface area contributed by atoms with Crippen molar-refractivity contribution in [2.45, 2.75) is 12.7 Å². The van der Waals surface area contributed by atoms with Crippen molar-refractivity contribution in [2.75, 3.05) is 5.32 Å². The highest BCUT2D eigenvalue weighted by Gasteiger charge is 2.30. The van der Waals surface area contributed by atoms with Gasteiger partial charge in [0.1, 0.15) is 5.82 Å². The third-order valence-corrected chi connectivity index (χ3v) is 3.79. The average molecular weight is 416 g/mol. The molecular weight excluding hydrogens is 406 g/mol. The van der Waals surface area contributed by atoms with E-state index < -0.39 is 17.6 Å². The molecule has 4 nitrogen and oxygen atoms in total. The van der Waals surface area contributed by atoms with Crippen molar-refractivity contribution in [3.8, 4) is 11.4 Å². The summed E-state index contributed by atoms with van der Waals surface area (Å²) in [7, 11) is 0. The van der Waals surface area contributed by atoms with Crippen LogP contribution < -0.4 is 5.32 Å². The number of hydrogen-bond donors (Lipinski definition) is 1. The molecule has 3 aromatic rings. The molecule has 0 unspecified atom stereocenters. The Morgan fingerprint density at radius 2 is 1.80 bits per heavy atom. The molecular formula is C16H10BrF4N3O. The number of alkyl halides is 3. The molecule has 9 heteroatoms. The third-order valence-electron chi connectivity index (χ3n) is 3.30. The van der Waals surface area contributed by atoms with Gasteiger partial charge >= 0.3 is 6.18 Å². The van der Waals surface area contributed by atoms with E-state index in [-0.39, 0.29) is 23.9 Å². The summed E-state index contributed by atoms with van der Waals surface area (Å²) in [4.78, 5) is 4.08. The van der Waals surface area contributed by atoms with Crippen molar-refractivity contribution in [2.24, 2.45) is 0 Å². The Kier molecular flexibility index (Phi) is 4.76. The van der Waals surface area contributed by atoms with E-state index in [1.165, 1.54) is 18.2 Å². The molecule has 25 heavy (non-hydrogen) atoms. The summed E-state index contributed by atoms with van der Waals surface area (Å²) in [6, 6.07) is 8.95. The van der Waals surface area contributed by atoms with Gasteiger partial charge in [-0.1, -0.05) is 33.2 Å². The van der Waals surface area contributed by atoms with Gasteiger partial charge in [0.15, 0.2) is 0 Å². The largest absolute Gasteiger partial charge is 0.416 e. The van der Waals surface area contributed by atoms with Gasteiger partial charge in [0.25, 0.3) is 0 Å². The normalized spacial score (nSPS) is 11.6. The van der Waals surface area contributed by atoms with Gasteiger partial charge in [-0.3, -0.25) is 0 Å². The highest BCUT2D eigenvalue weighted by Crippen LogP contribution is 2.30. The summed E-state index contributed by atoms with van der Waals surface area (Å²) >= 11 is 3.16. The molecule has 0 amide bonds. The van der Waals surface area contributed by atoms with Crippen LogP contribution in [0.1, 0.15) is 11.5 Å². The van der Waals surface area contributed by atoms with Gasteiger partial charge in [0.05, 0.1) is 17.8 Å². The van der Waals surface area contributed by atoms with Crippen LogP contribution in [-0.4, -0.2) is 10.1 Å². The highest BCUT2D eigenvalue weighted by molar-refractivity contribution is 9.10. The van der Waals surface area contributed by atoms with Crippen LogP contribution in [0.5, 0.6) is 0 Å². The van der Waals surface area contributed by atoms with Crippen molar-refractivity contribution in [1.82, 2.24) is 10.1 Å². The zero-order valence-electron chi connectivity index (χ0n) is 12.4. The van der Waals surface area contributed by atoms with Crippen LogP contribution in [0.2, 0.25) is 0 Å². The number of nitrogens with zero attached hydrogens (tertiary/aromatic N) is 2.